The number of thioether (sulfide) groups is 1. The Bertz CT molecular complexity index is 602. The highest BCUT2D eigenvalue weighted by Gasteiger charge is 2.33. The minimum atomic E-state index is -3.58. The zero-order valence-corrected chi connectivity index (χ0v) is 13.6. The lowest BCUT2D eigenvalue weighted by atomic mass is 10.2. The van der Waals surface area contributed by atoms with E-state index in [1.807, 2.05) is 13.8 Å². The Balaban J connectivity index is 2.51. The molecule has 2 N–H and O–H groups in total. The predicted molar refractivity (Wildman–Crippen MR) is 82.8 cm³/mol. The van der Waals surface area contributed by atoms with E-state index in [-0.39, 0.29) is 10.9 Å². The molecule has 1 fully saturated rings. The van der Waals surface area contributed by atoms with Crippen molar-refractivity contribution in [2.24, 2.45) is 0 Å². The van der Waals surface area contributed by atoms with Crippen molar-refractivity contribution in [1.82, 2.24) is 4.31 Å². The van der Waals surface area contributed by atoms with Crippen LogP contribution < -0.4 is 10.5 Å². The van der Waals surface area contributed by atoms with Crippen LogP contribution in [-0.2, 0) is 10.0 Å². The van der Waals surface area contributed by atoms with Gasteiger partial charge in [0.25, 0.3) is 0 Å². The van der Waals surface area contributed by atoms with Crippen molar-refractivity contribution in [3.63, 3.8) is 0 Å². The summed E-state index contributed by atoms with van der Waals surface area (Å²) in [7, 11) is -2.11. The minimum absolute atomic E-state index is 0.0222. The van der Waals surface area contributed by atoms with Gasteiger partial charge in [0, 0.05) is 29.8 Å². The normalized spacial score (nSPS) is 20.9. The van der Waals surface area contributed by atoms with Crippen molar-refractivity contribution >= 4 is 27.5 Å². The summed E-state index contributed by atoms with van der Waals surface area (Å²) in [5.74, 6) is 1.97. The molecule has 112 valence electrons. The second kappa shape index (κ2) is 5.83. The summed E-state index contributed by atoms with van der Waals surface area (Å²) in [4.78, 5) is 0.154. The number of hydrogen-bond donors (Lipinski definition) is 1. The Morgan fingerprint density at radius 2 is 2.15 bits per heavy atom. The molecular formula is C13H20N2O3S2. The zero-order chi connectivity index (χ0) is 14.9. The number of sulfonamides is 1. The maximum absolute atomic E-state index is 12.8. The number of methoxy groups -OCH3 is 1. The first-order valence-electron chi connectivity index (χ1n) is 6.41. The van der Waals surface area contributed by atoms with E-state index in [1.165, 1.54) is 17.5 Å². The van der Waals surface area contributed by atoms with Gasteiger partial charge in [-0.05, 0) is 31.5 Å². The molecule has 0 saturated carbocycles. The molecule has 1 aliphatic heterocycles. The van der Waals surface area contributed by atoms with E-state index in [1.54, 1.807) is 17.8 Å². The molecule has 1 aromatic rings. The fraction of sp³-hybridized carbons (Fsp3) is 0.538. The number of hydrogen-bond acceptors (Lipinski definition) is 5. The molecule has 1 atom stereocenters. The Morgan fingerprint density at radius 1 is 1.45 bits per heavy atom. The van der Waals surface area contributed by atoms with Gasteiger partial charge in [-0.2, -0.15) is 16.1 Å². The van der Waals surface area contributed by atoms with Crippen LogP contribution in [0.3, 0.4) is 0 Å². The lowest BCUT2D eigenvalue weighted by Gasteiger charge is -2.32. The first kappa shape index (κ1) is 15.5. The van der Waals surface area contributed by atoms with Crippen molar-refractivity contribution in [3.05, 3.63) is 17.7 Å². The van der Waals surface area contributed by atoms with E-state index in [4.69, 9.17) is 10.5 Å². The van der Waals surface area contributed by atoms with Crippen molar-refractivity contribution in [2.45, 2.75) is 24.8 Å². The summed E-state index contributed by atoms with van der Waals surface area (Å²) < 4.78 is 32.4. The number of anilines is 1. The molecule has 1 aliphatic rings. The molecule has 5 nitrogen and oxygen atoms in total. The zero-order valence-electron chi connectivity index (χ0n) is 11.9. The van der Waals surface area contributed by atoms with E-state index in [0.29, 0.717) is 18.0 Å². The van der Waals surface area contributed by atoms with Gasteiger partial charge in [0.05, 0.1) is 7.11 Å². The summed E-state index contributed by atoms with van der Waals surface area (Å²) in [6.45, 7) is 4.27. The quantitative estimate of drug-likeness (QED) is 0.860. The van der Waals surface area contributed by atoms with Gasteiger partial charge in [-0.15, -0.1) is 0 Å². The molecule has 0 aliphatic carbocycles. The molecule has 7 heteroatoms. The van der Waals surface area contributed by atoms with Crippen LogP contribution in [0.2, 0.25) is 0 Å². The first-order chi connectivity index (χ1) is 9.37. The molecule has 1 aromatic carbocycles. The average molecular weight is 316 g/mol. The molecule has 1 heterocycles. The van der Waals surface area contributed by atoms with Crippen LogP contribution >= 0.6 is 11.8 Å². The van der Waals surface area contributed by atoms with Crippen LogP contribution in [0.25, 0.3) is 0 Å². The summed E-state index contributed by atoms with van der Waals surface area (Å²) in [6, 6.07) is 3.15. The highest BCUT2D eigenvalue weighted by molar-refractivity contribution is 7.99. The van der Waals surface area contributed by atoms with Gasteiger partial charge >= 0.3 is 0 Å². The standard InChI is InChI=1S/C13H20N2O3S2/c1-9-6-12(18-3)13(7-11(9)14)20(16,17)15-4-5-19-8-10(15)2/h6-7,10H,4-5,8,14H2,1-3H3. The summed E-state index contributed by atoms with van der Waals surface area (Å²) in [5, 5.41) is 0. The number of nitrogen functional groups attached to an aromatic ring is 1. The SMILES string of the molecule is COc1cc(C)c(N)cc1S(=O)(=O)N1CCSCC1C. The van der Waals surface area contributed by atoms with Crippen LogP contribution in [0, 0.1) is 6.92 Å². The van der Waals surface area contributed by atoms with Crippen LogP contribution in [0.4, 0.5) is 5.69 Å². The van der Waals surface area contributed by atoms with E-state index < -0.39 is 10.0 Å². The average Bonchev–Trinajstić information content (AvgIpc) is 2.41. The lowest BCUT2D eigenvalue weighted by Crippen LogP contribution is -2.44. The molecule has 1 saturated heterocycles. The largest absolute Gasteiger partial charge is 0.495 e. The molecule has 2 rings (SSSR count). The topological polar surface area (TPSA) is 72.6 Å². The van der Waals surface area contributed by atoms with Crippen LogP contribution in [0.5, 0.6) is 5.75 Å². The predicted octanol–water partition coefficient (Wildman–Crippen LogP) is 1.71. The molecule has 1 unspecified atom stereocenters. The van der Waals surface area contributed by atoms with Crippen molar-refractivity contribution in [1.29, 1.82) is 0 Å². The molecule has 0 radical (unpaired) electrons. The van der Waals surface area contributed by atoms with E-state index in [0.717, 1.165) is 17.1 Å². The van der Waals surface area contributed by atoms with Crippen molar-refractivity contribution in [3.8, 4) is 5.75 Å². The third kappa shape index (κ3) is 2.75. The fourth-order valence-corrected chi connectivity index (χ4v) is 5.26. The van der Waals surface area contributed by atoms with E-state index in [2.05, 4.69) is 0 Å². The van der Waals surface area contributed by atoms with Crippen LogP contribution in [0.15, 0.2) is 17.0 Å². The molecule has 0 aromatic heterocycles. The molecule has 0 spiro atoms. The van der Waals surface area contributed by atoms with Gasteiger partial charge in [-0.3, -0.25) is 0 Å². The summed E-state index contributed by atoms with van der Waals surface area (Å²) in [5.41, 5.74) is 7.13. The van der Waals surface area contributed by atoms with Gasteiger partial charge < -0.3 is 10.5 Å². The van der Waals surface area contributed by atoms with Gasteiger partial charge in [0.1, 0.15) is 10.6 Å². The summed E-state index contributed by atoms with van der Waals surface area (Å²) >= 11 is 1.77. The number of rotatable bonds is 3. The fourth-order valence-electron chi connectivity index (χ4n) is 2.23. The van der Waals surface area contributed by atoms with E-state index >= 15 is 0 Å². The van der Waals surface area contributed by atoms with Gasteiger partial charge in [0.2, 0.25) is 10.0 Å². The molecule has 20 heavy (non-hydrogen) atoms. The number of nitrogens with zero attached hydrogens (tertiary/aromatic N) is 1. The molecule has 0 amide bonds. The highest BCUT2D eigenvalue weighted by atomic mass is 32.2. The maximum Gasteiger partial charge on any atom is 0.247 e. The Labute approximate surface area is 124 Å². The Morgan fingerprint density at radius 3 is 2.75 bits per heavy atom. The molecule has 0 bridgehead atoms. The smallest absolute Gasteiger partial charge is 0.247 e. The van der Waals surface area contributed by atoms with Gasteiger partial charge in [-0.25, -0.2) is 8.42 Å². The van der Waals surface area contributed by atoms with Gasteiger partial charge in [-0.1, -0.05) is 0 Å². The molecular weight excluding hydrogens is 296 g/mol. The summed E-state index contributed by atoms with van der Waals surface area (Å²) in [6.07, 6.45) is 0. The van der Waals surface area contributed by atoms with Crippen molar-refractivity contribution in [2.75, 3.05) is 30.9 Å². The van der Waals surface area contributed by atoms with Gasteiger partial charge in [0.15, 0.2) is 0 Å². The third-order valence-corrected chi connectivity index (χ3v) is 6.67. The third-order valence-electron chi connectivity index (χ3n) is 3.45. The monoisotopic (exact) mass is 316 g/mol. The number of benzene rings is 1. The highest BCUT2D eigenvalue weighted by Crippen LogP contribution is 2.33. The first-order valence-corrected chi connectivity index (χ1v) is 9.01. The minimum Gasteiger partial charge on any atom is -0.495 e. The Hall–Kier alpha value is -0.920. The van der Waals surface area contributed by atoms with Crippen molar-refractivity contribution < 1.29 is 13.2 Å². The second-order valence-electron chi connectivity index (χ2n) is 4.90. The maximum atomic E-state index is 12.8. The second-order valence-corrected chi connectivity index (χ2v) is 7.91. The van der Waals surface area contributed by atoms with Crippen LogP contribution in [-0.4, -0.2) is 43.9 Å². The van der Waals surface area contributed by atoms with Crippen LogP contribution in [0.1, 0.15) is 12.5 Å². The number of aryl methyl sites for hydroxylation is 1. The Kier molecular flexibility index (Phi) is 4.51. The number of ether oxygens (including phenoxy) is 1. The lowest BCUT2D eigenvalue weighted by molar-refractivity contribution is 0.360. The van der Waals surface area contributed by atoms with E-state index in [9.17, 15) is 8.42 Å². The number of nitrogens with two attached hydrogens (primary N) is 1.